The molecular formula is C13H21NOS. The molecule has 1 aromatic heterocycles. The van der Waals surface area contributed by atoms with Crippen LogP contribution in [-0.2, 0) is 4.74 Å². The van der Waals surface area contributed by atoms with Gasteiger partial charge < -0.3 is 10.5 Å². The van der Waals surface area contributed by atoms with Crippen LogP contribution in [0.25, 0.3) is 0 Å². The Morgan fingerprint density at radius 2 is 2.31 bits per heavy atom. The summed E-state index contributed by atoms with van der Waals surface area (Å²) in [6, 6.07) is 2.44. The summed E-state index contributed by atoms with van der Waals surface area (Å²) in [5, 5.41) is 2.19. The van der Waals surface area contributed by atoms with Crippen LogP contribution in [0.1, 0.15) is 42.7 Å². The molecule has 1 unspecified atom stereocenters. The summed E-state index contributed by atoms with van der Waals surface area (Å²) in [5.41, 5.74) is 7.51. The molecule has 1 aromatic rings. The topological polar surface area (TPSA) is 35.2 Å². The Bertz CT molecular complexity index is 330. The average molecular weight is 239 g/mol. The number of aryl methyl sites for hydroxylation is 1. The molecule has 90 valence electrons. The highest BCUT2D eigenvalue weighted by Crippen LogP contribution is 2.36. The standard InChI is InChI=1S/C13H21NOS/c1-3-15-12-5-10(6-12)7-13(14)11-4-9(2)16-8-11/h4,8,10,12-13H,3,5-7,14H2,1-2H3. The van der Waals surface area contributed by atoms with Gasteiger partial charge in [-0.2, -0.15) is 0 Å². The van der Waals surface area contributed by atoms with E-state index in [1.165, 1.54) is 23.3 Å². The average Bonchev–Trinajstić information content (AvgIpc) is 2.61. The van der Waals surface area contributed by atoms with Crippen LogP contribution in [0.2, 0.25) is 0 Å². The molecule has 0 aromatic carbocycles. The molecule has 1 atom stereocenters. The van der Waals surface area contributed by atoms with Crippen molar-refractivity contribution in [3.63, 3.8) is 0 Å². The maximum atomic E-state index is 6.20. The van der Waals surface area contributed by atoms with Crippen molar-refractivity contribution < 1.29 is 4.74 Å². The van der Waals surface area contributed by atoms with E-state index < -0.39 is 0 Å². The van der Waals surface area contributed by atoms with Gasteiger partial charge >= 0.3 is 0 Å². The van der Waals surface area contributed by atoms with Crippen LogP contribution < -0.4 is 5.73 Å². The van der Waals surface area contributed by atoms with Crippen molar-refractivity contribution >= 4 is 11.3 Å². The number of rotatable bonds is 5. The molecule has 2 N–H and O–H groups in total. The molecule has 2 rings (SSSR count). The van der Waals surface area contributed by atoms with Gasteiger partial charge in [0.05, 0.1) is 6.10 Å². The second-order valence-corrected chi connectivity index (χ2v) is 5.86. The number of hydrogen-bond acceptors (Lipinski definition) is 3. The maximum absolute atomic E-state index is 6.20. The van der Waals surface area contributed by atoms with Crippen LogP contribution in [0.3, 0.4) is 0 Å². The monoisotopic (exact) mass is 239 g/mol. The molecule has 0 amide bonds. The lowest BCUT2D eigenvalue weighted by Gasteiger charge is -2.36. The van der Waals surface area contributed by atoms with Gasteiger partial charge in [-0.1, -0.05) is 0 Å². The maximum Gasteiger partial charge on any atom is 0.0580 e. The van der Waals surface area contributed by atoms with Crippen molar-refractivity contribution in [3.8, 4) is 0 Å². The van der Waals surface area contributed by atoms with Gasteiger partial charge in [0.1, 0.15) is 0 Å². The molecule has 1 heterocycles. The molecule has 1 aliphatic carbocycles. The molecule has 3 heteroatoms. The lowest BCUT2D eigenvalue weighted by Crippen LogP contribution is -2.33. The van der Waals surface area contributed by atoms with E-state index in [0.717, 1.165) is 18.9 Å². The van der Waals surface area contributed by atoms with Crippen molar-refractivity contribution in [2.24, 2.45) is 11.7 Å². The summed E-state index contributed by atoms with van der Waals surface area (Å²) in [5.74, 6) is 0.770. The van der Waals surface area contributed by atoms with Gasteiger partial charge in [-0.3, -0.25) is 0 Å². The molecular weight excluding hydrogens is 218 g/mol. The molecule has 16 heavy (non-hydrogen) atoms. The summed E-state index contributed by atoms with van der Waals surface area (Å²) in [7, 11) is 0. The van der Waals surface area contributed by atoms with E-state index in [1.54, 1.807) is 11.3 Å². The highest BCUT2D eigenvalue weighted by atomic mass is 32.1. The van der Waals surface area contributed by atoms with Gasteiger partial charge in [0.25, 0.3) is 0 Å². The molecule has 0 spiro atoms. The minimum atomic E-state index is 0.220. The van der Waals surface area contributed by atoms with Crippen LogP contribution >= 0.6 is 11.3 Å². The highest BCUT2D eigenvalue weighted by Gasteiger charge is 2.30. The summed E-state index contributed by atoms with van der Waals surface area (Å²) < 4.78 is 5.56. The first-order chi connectivity index (χ1) is 7.69. The van der Waals surface area contributed by atoms with E-state index in [9.17, 15) is 0 Å². The lowest BCUT2D eigenvalue weighted by molar-refractivity contribution is -0.0281. The number of ether oxygens (including phenoxy) is 1. The van der Waals surface area contributed by atoms with Crippen LogP contribution in [0.4, 0.5) is 0 Å². The number of nitrogens with two attached hydrogens (primary N) is 1. The first kappa shape index (κ1) is 12.1. The number of hydrogen-bond donors (Lipinski definition) is 1. The molecule has 1 saturated carbocycles. The third kappa shape index (κ3) is 2.84. The van der Waals surface area contributed by atoms with Gasteiger partial charge in [0, 0.05) is 17.5 Å². The van der Waals surface area contributed by atoms with E-state index in [-0.39, 0.29) is 6.04 Å². The quantitative estimate of drug-likeness (QED) is 0.856. The molecule has 0 aliphatic heterocycles. The van der Waals surface area contributed by atoms with Gasteiger partial charge in [0.2, 0.25) is 0 Å². The van der Waals surface area contributed by atoms with Crippen LogP contribution in [-0.4, -0.2) is 12.7 Å². The van der Waals surface area contributed by atoms with E-state index in [0.29, 0.717) is 6.10 Å². The molecule has 1 fully saturated rings. The second-order valence-electron chi connectivity index (χ2n) is 4.75. The van der Waals surface area contributed by atoms with Gasteiger partial charge in [-0.25, -0.2) is 0 Å². The first-order valence-electron chi connectivity index (χ1n) is 6.11. The Kier molecular flexibility index (Phi) is 4.00. The van der Waals surface area contributed by atoms with Crippen molar-refractivity contribution in [1.82, 2.24) is 0 Å². The predicted octanol–water partition coefficient (Wildman–Crippen LogP) is 3.26. The fourth-order valence-electron chi connectivity index (χ4n) is 2.39. The minimum absolute atomic E-state index is 0.220. The smallest absolute Gasteiger partial charge is 0.0580 e. The number of thiophene rings is 1. The Balaban J connectivity index is 1.75. The van der Waals surface area contributed by atoms with E-state index in [4.69, 9.17) is 10.5 Å². The van der Waals surface area contributed by atoms with Crippen LogP contribution in [0.15, 0.2) is 11.4 Å². The predicted molar refractivity (Wildman–Crippen MR) is 68.7 cm³/mol. The van der Waals surface area contributed by atoms with E-state index in [2.05, 4.69) is 25.3 Å². The summed E-state index contributed by atoms with van der Waals surface area (Å²) in [4.78, 5) is 1.35. The molecule has 2 nitrogen and oxygen atoms in total. The molecule has 0 saturated heterocycles. The Morgan fingerprint density at radius 1 is 1.56 bits per heavy atom. The Morgan fingerprint density at radius 3 is 2.88 bits per heavy atom. The zero-order valence-electron chi connectivity index (χ0n) is 10.1. The van der Waals surface area contributed by atoms with Crippen molar-refractivity contribution in [2.45, 2.75) is 45.3 Å². The largest absolute Gasteiger partial charge is 0.378 e. The zero-order chi connectivity index (χ0) is 11.5. The fourth-order valence-corrected chi connectivity index (χ4v) is 3.16. The van der Waals surface area contributed by atoms with Crippen LogP contribution in [0, 0.1) is 12.8 Å². The third-order valence-electron chi connectivity index (χ3n) is 3.36. The SMILES string of the molecule is CCOC1CC(CC(N)c2csc(C)c2)C1. The normalized spacial score (nSPS) is 26.4. The van der Waals surface area contributed by atoms with Crippen LogP contribution in [0.5, 0.6) is 0 Å². The van der Waals surface area contributed by atoms with Gasteiger partial charge in [-0.05, 0) is 56.0 Å². The summed E-state index contributed by atoms with van der Waals surface area (Å²) in [6.07, 6.45) is 4.01. The van der Waals surface area contributed by atoms with E-state index >= 15 is 0 Å². The fraction of sp³-hybridized carbons (Fsp3) is 0.692. The van der Waals surface area contributed by atoms with E-state index in [1.807, 2.05) is 0 Å². The van der Waals surface area contributed by atoms with Crippen molar-refractivity contribution in [1.29, 1.82) is 0 Å². The second kappa shape index (κ2) is 5.30. The molecule has 1 aliphatic rings. The third-order valence-corrected chi connectivity index (χ3v) is 4.24. The summed E-state index contributed by atoms with van der Waals surface area (Å²) >= 11 is 1.79. The first-order valence-corrected chi connectivity index (χ1v) is 6.99. The zero-order valence-corrected chi connectivity index (χ0v) is 10.9. The van der Waals surface area contributed by atoms with Crippen molar-refractivity contribution in [3.05, 3.63) is 21.9 Å². The Labute approximate surface area is 102 Å². The summed E-state index contributed by atoms with van der Waals surface area (Å²) in [6.45, 7) is 5.04. The van der Waals surface area contributed by atoms with Gasteiger partial charge in [0.15, 0.2) is 0 Å². The highest BCUT2D eigenvalue weighted by molar-refractivity contribution is 7.10. The minimum Gasteiger partial charge on any atom is -0.378 e. The molecule has 0 bridgehead atoms. The lowest BCUT2D eigenvalue weighted by atomic mass is 9.77. The van der Waals surface area contributed by atoms with Gasteiger partial charge in [-0.15, -0.1) is 11.3 Å². The van der Waals surface area contributed by atoms with Crippen molar-refractivity contribution in [2.75, 3.05) is 6.61 Å². The Hall–Kier alpha value is -0.380. The molecule has 0 radical (unpaired) electrons.